The zero-order valence-electron chi connectivity index (χ0n) is 13.6. The van der Waals surface area contributed by atoms with Gasteiger partial charge in [-0.1, -0.05) is 23.7 Å². The van der Waals surface area contributed by atoms with E-state index in [4.69, 9.17) is 11.6 Å². The predicted octanol–water partition coefficient (Wildman–Crippen LogP) is 3.28. The van der Waals surface area contributed by atoms with Crippen LogP contribution in [0, 0.1) is 13.8 Å². The Labute approximate surface area is 146 Å². The first-order chi connectivity index (χ1) is 11.2. The first-order valence-corrected chi connectivity index (χ1v) is 9.20. The second kappa shape index (κ2) is 5.79. The number of amides is 1. The SMILES string of the molecule is Cc1ccc(C)c(N(C)S(=O)(=O)c2cc3c(cc2Cl)NC(=O)C3)c1. The van der Waals surface area contributed by atoms with E-state index < -0.39 is 10.0 Å². The molecule has 2 aromatic rings. The highest BCUT2D eigenvalue weighted by atomic mass is 35.5. The summed E-state index contributed by atoms with van der Waals surface area (Å²) in [5.41, 5.74) is 3.62. The third-order valence-electron chi connectivity index (χ3n) is 4.13. The van der Waals surface area contributed by atoms with Gasteiger partial charge in [-0.3, -0.25) is 9.10 Å². The molecule has 1 amide bonds. The number of hydrogen-bond donors (Lipinski definition) is 1. The molecule has 0 fully saturated rings. The van der Waals surface area contributed by atoms with Crippen LogP contribution in [-0.4, -0.2) is 21.4 Å². The Kier molecular flexibility index (Phi) is 4.05. The van der Waals surface area contributed by atoms with Crippen molar-refractivity contribution in [3.8, 4) is 0 Å². The molecule has 1 aliphatic rings. The van der Waals surface area contributed by atoms with Gasteiger partial charge in [0.1, 0.15) is 4.90 Å². The van der Waals surface area contributed by atoms with E-state index in [1.807, 2.05) is 32.0 Å². The lowest BCUT2D eigenvalue weighted by molar-refractivity contribution is -0.115. The Morgan fingerprint density at radius 1 is 1.17 bits per heavy atom. The summed E-state index contributed by atoms with van der Waals surface area (Å²) in [7, 11) is -2.33. The van der Waals surface area contributed by atoms with Gasteiger partial charge in [-0.15, -0.1) is 0 Å². The van der Waals surface area contributed by atoms with Crippen molar-refractivity contribution in [2.75, 3.05) is 16.7 Å². The molecule has 0 radical (unpaired) electrons. The number of hydrogen-bond acceptors (Lipinski definition) is 3. The van der Waals surface area contributed by atoms with Crippen LogP contribution in [0.1, 0.15) is 16.7 Å². The number of halogens is 1. The minimum Gasteiger partial charge on any atom is -0.325 e. The van der Waals surface area contributed by atoms with Crippen LogP contribution in [0.5, 0.6) is 0 Å². The number of aryl methyl sites for hydroxylation is 2. The summed E-state index contributed by atoms with van der Waals surface area (Å²) in [5, 5.41) is 2.75. The van der Waals surface area contributed by atoms with Crippen molar-refractivity contribution in [1.29, 1.82) is 0 Å². The number of nitrogens with one attached hydrogen (secondary N) is 1. The summed E-state index contributed by atoms with van der Waals surface area (Å²) in [4.78, 5) is 11.5. The van der Waals surface area contributed by atoms with Crippen molar-refractivity contribution in [3.63, 3.8) is 0 Å². The zero-order chi connectivity index (χ0) is 17.6. The summed E-state index contributed by atoms with van der Waals surface area (Å²) in [6.07, 6.45) is 0.155. The van der Waals surface area contributed by atoms with Gasteiger partial charge in [-0.2, -0.15) is 0 Å². The molecule has 0 atom stereocenters. The molecule has 0 spiro atoms. The van der Waals surface area contributed by atoms with Crippen molar-refractivity contribution < 1.29 is 13.2 Å². The molecule has 0 bridgehead atoms. The topological polar surface area (TPSA) is 66.5 Å². The lowest BCUT2D eigenvalue weighted by Gasteiger charge is -2.23. The van der Waals surface area contributed by atoms with Crippen LogP contribution in [0.2, 0.25) is 5.02 Å². The number of carbonyl (C=O) groups is 1. The summed E-state index contributed by atoms with van der Waals surface area (Å²) in [6.45, 7) is 3.76. The third kappa shape index (κ3) is 2.76. The van der Waals surface area contributed by atoms with Gasteiger partial charge in [0.2, 0.25) is 5.91 Å². The lowest BCUT2D eigenvalue weighted by atomic mass is 10.1. The van der Waals surface area contributed by atoms with Crippen molar-refractivity contribution in [3.05, 3.63) is 52.0 Å². The molecule has 5 nitrogen and oxygen atoms in total. The molecular formula is C17H17ClN2O3S. The van der Waals surface area contributed by atoms with Crippen molar-refractivity contribution >= 4 is 38.9 Å². The fourth-order valence-electron chi connectivity index (χ4n) is 2.76. The Morgan fingerprint density at radius 3 is 2.58 bits per heavy atom. The highest BCUT2D eigenvalue weighted by Gasteiger charge is 2.28. The highest BCUT2D eigenvalue weighted by Crippen LogP contribution is 2.35. The molecular weight excluding hydrogens is 348 g/mol. The molecule has 1 N–H and O–H groups in total. The van der Waals surface area contributed by atoms with Gasteiger partial charge in [0.25, 0.3) is 10.0 Å². The first kappa shape index (κ1) is 16.8. The maximum Gasteiger partial charge on any atom is 0.265 e. The monoisotopic (exact) mass is 364 g/mol. The van der Waals surface area contributed by atoms with Gasteiger partial charge in [-0.25, -0.2) is 8.42 Å². The molecule has 0 saturated heterocycles. The molecule has 0 aromatic heterocycles. The average Bonchev–Trinajstić information content (AvgIpc) is 2.87. The third-order valence-corrected chi connectivity index (χ3v) is 6.36. The van der Waals surface area contributed by atoms with Crippen molar-refractivity contribution in [2.45, 2.75) is 25.2 Å². The highest BCUT2D eigenvalue weighted by molar-refractivity contribution is 7.93. The molecule has 0 unspecified atom stereocenters. The van der Waals surface area contributed by atoms with E-state index >= 15 is 0 Å². The van der Waals surface area contributed by atoms with Crippen LogP contribution in [-0.2, 0) is 21.2 Å². The fourth-order valence-corrected chi connectivity index (χ4v) is 4.56. The summed E-state index contributed by atoms with van der Waals surface area (Å²) < 4.78 is 27.3. The van der Waals surface area contributed by atoms with E-state index in [1.165, 1.54) is 23.5 Å². The lowest BCUT2D eigenvalue weighted by Crippen LogP contribution is -2.27. The Morgan fingerprint density at radius 2 is 1.88 bits per heavy atom. The van der Waals surface area contributed by atoms with Crippen LogP contribution in [0.25, 0.3) is 0 Å². The summed E-state index contributed by atoms with van der Waals surface area (Å²) >= 11 is 6.19. The standard InChI is InChI=1S/C17H17ClN2O3S/c1-10-4-5-11(2)15(6-10)20(3)24(22,23)16-7-12-8-17(21)19-14(12)9-13(16)18/h4-7,9H,8H2,1-3H3,(H,19,21). The van der Waals surface area contributed by atoms with Gasteiger partial charge in [0.05, 0.1) is 17.1 Å². The summed E-state index contributed by atoms with van der Waals surface area (Å²) in [6, 6.07) is 8.60. The maximum absolute atomic E-state index is 13.0. The fraction of sp³-hybridized carbons (Fsp3) is 0.235. The van der Waals surface area contributed by atoms with Gasteiger partial charge >= 0.3 is 0 Å². The molecule has 1 heterocycles. The minimum absolute atomic E-state index is 0.00261. The van der Waals surface area contributed by atoms with Crippen LogP contribution < -0.4 is 9.62 Å². The molecule has 0 aliphatic carbocycles. The number of anilines is 2. The number of rotatable bonds is 3. The van der Waals surface area contributed by atoms with Gasteiger partial charge in [-0.05, 0) is 48.7 Å². The van der Waals surface area contributed by atoms with Crippen molar-refractivity contribution in [1.82, 2.24) is 0 Å². The average molecular weight is 365 g/mol. The van der Waals surface area contributed by atoms with E-state index in [1.54, 1.807) is 0 Å². The Bertz CT molecular complexity index is 955. The molecule has 24 heavy (non-hydrogen) atoms. The largest absolute Gasteiger partial charge is 0.325 e. The normalized spacial score (nSPS) is 13.6. The first-order valence-electron chi connectivity index (χ1n) is 7.38. The number of fused-ring (bicyclic) bond motifs is 1. The van der Waals surface area contributed by atoms with Crippen LogP contribution in [0.4, 0.5) is 11.4 Å². The number of sulfonamides is 1. The van der Waals surface area contributed by atoms with Crippen molar-refractivity contribution in [2.24, 2.45) is 0 Å². The van der Waals surface area contributed by atoms with Crippen LogP contribution in [0.3, 0.4) is 0 Å². The Hall–Kier alpha value is -2.05. The van der Waals surface area contributed by atoms with E-state index in [0.717, 1.165) is 11.1 Å². The second-order valence-corrected chi connectivity index (χ2v) is 8.27. The smallest absolute Gasteiger partial charge is 0.265 e. The quantitative estimate of drug-likeness (QED) is 0.908. The van der Waals surface area contributed by atoms with E-state index in [2.05, 4.69) is 5.32 Å². The minimum atomic E-state index is -3.84. The zero-order valence-corrected chi connectivity index (χ0v) is 15.1. The van der Waals surface area contributed by atoms with E-state index in [-0.39, 0.29) is 22.2 Å². The van der Waals surface area contributed by atoms with Gasteiger partial charge in [0.15, 0.2) is 0 Å². The van der Waals surface area contributed by atoms with E-state index in [9.17, 15) is 13.2 Å². The van der Waals surface area contributed by atoms with Gasteiger partial charge in [0, 0.05) is 12.7 Å². The predicted molar refractivity (Wildman–Crippen MR) is 95.3 cm³/mol. The second-order valence-electron chi connectivity index (χ2n) is 5.93. The Balaban J connectivity index is 2.10. The maximum atomic E-state index is 13.0. The molecule has 1 aliphatic heterocycles. The number of nitrogens with zero attached hydrogens (tertiary/aromatic N) is 1. The van der Waals surface area contributed by atoms with Crippen LogP contribution in [0.15, 0.2) is 35.2 Å². The molecule has 126 valence electrons. The summed E-state index contributed by atoms with van der Waals surface area (Å²) in [5.74, 6) is -0.168. The number of benzene rings is 2. The molecule has 0 saturated carbocycles. The molecule has 3 rings (SSSR count). The van der Waals surface area contributed by atoms with E-state index in [0.29, 0.717) is 16.9 Å². The van der Waals surface area contributed by atoms with Gasteiger partial charge < -0.3 is 5.32 Å². The van der Waals surface area contributed by atoms with Crippen LogP contribution >= 0.6 is 11.6 Å². The number of carbonyl (C=O) groups excluding carboxylic acids is 1. The molecule has 7 heteroatoms. The molecule has 2 aromatic carbocycles.